The van der Waals surface area contributed by atoms with Crippen molar-refractivity contribution < 1.29 is 14.4 Å². The van der Waals surface area contributed by atoms with E-state index in [1.807, 2.05) is 0 Å². The summed E-state index contributed by atoms with van der Waals surface area (Å²) in [7, 11) is 0. The molecule has 5 saturated carbocycles. The fourth-order valence-corrected chi connectivity index (χ4v) is 7.84. The lowest BCUT2D eigenvalue weighted by Crippen LogP contribution is -2.56. The molecule has 5 nitrogen and oxygen atoms in total. The van der Waals surface area contributed by atoms with Gasteiger partial charge in [-0.15, -0.1) is 0 Å². The van der Waals surface area contributed by atoms with Gasteiger partial charge in [-0.05, 0) is 81.5 Å². The van der Waals surface area contributed by atoms with Crippen LogP contribution in [0.4, 0.5) is 0 Å². The van der Waals surface area contributed by atoms with Crippen molar-refractivity contribution >= 4 is 17.7 Å². The van der Waals surface area contributed by atoms with E-state index in [1.165, 1.54) is 43.4 Å². The lowest BCUT2D eigenvalue weighted by atomic mass is 9.48. The summed E-state index contributed by atoms with van der Waals surface area (Å²) in [6.45, 7) is 2.44. The number of amides is 3. The maximum Gasteiger partial charge on any atom is 0.233 e. The van der Waals surface area contributed by atoms with E-state index in [0.717, 1.165) is 43.4 Å². The Hall–Kier alpha value is -1.39. The van der Waals surface area contributed by atoms with Crippen molar-refractivity contribution in [3.05, 3.63) is 0 Å². The lowest BCUT2D eigenvalue weighted by molar-refractivity contribution is -0.140. The summed E-state index contributed by atoms with van der Waals surface area (Å²) < 4.78 is 0. The highest BCUT2D eigenvalue weighted by molar-refractivity contribution is 6.05. The number of imide groups is 1. The van der Waals surface area contributed by atoms with Crippen LogP contribution in [0.25, 0.3) is 0 Å². The Balaban J connectivity index is 1.17. The molecule has 6 aliphatic rings. The first-order valence-corrected chi connectivity index (χ1v) is 11.6. The summed E-state index contributed by atoms with van der Waals surface area (Å²) in [5.74, 6) is 2.31. The zero-order chi connectivity index (χ0) is 19.5. The molecule has 0 radical (unpaired) electrons. The van der Waals surface area contributed by atoms with Crippen molar-refractivity contribution in [1.29, 1.82) is 0 Å². The Morgan fingerprint density at radius 1 is 1.00 bits per heavy atom. The van der Waals surface area contributed by atoms with E-state index in [4.69, 9.17) is 0 Å². The standard InChI is InChI=1S/C23H34N2O3/c1-14(23-11-15-8-16(12-23)10-17(9-15)13-23)24-20(26)6-7-25-21(27)18-4-2-3-5-19(18)22(25)28/h14-19H,2-13H2,1H3,(H,24,26)/t14-,15?,16?,17?,18-,19+,23?/m0/s1. The lowest BCUT2D eigenvalue weighted by Gasteiger charge is -2.59. The van der Waals surface area contributed by atoms with Crippen molar-refractivity contribution in [1.82, 2.24) is 10.2 Å². The Morgan fingerprint density at radius 2 is 1.50 bits per heavy atom. The molecule has 0 unspecified atom stereocenters. The Labute approximate surface area is 168 Å². The van der Waals surface area contributed by atoms with E-state index in [2.05, 4.69) is 12.2 Å². The van der Waals surface area contributed by atoms with Gasteiger partial charge in [-0.25, -0.2) is 0 Å². The first kappa shape index (κ1) is 18.6. The van der Waals surface area contributed by atoms with Crippen molar-refractivity contribution in [3.63, 3.8) is 0 Å². The molecule has 5 heteroatoms. The minimum atomic E-state index is -0.116. The smallest absolute Gasteiger partial charge is 0.233 e. The van der Waals surface area contributed by atoms with Crippen molar-refractivity contribution in [2.24, 2.45) is 35.0 Å². The van der Waals surface area contributed by atoms with E-state index in [1.54, 1.807) is 0 Å². The maximum absolute atomic E-state index is 12.7. The third-order valence-electron chi connectivity index (χ3n) is 8.88. The van der Waals surface area contributed by atoms with Crippen LogP contribution in [0.2, 0.25) is 0 Å². The van der Waals surface area contributed by atoms with E-state index in [-0.39, 0.29) is 48.6 Å². The van der Waals surface area contributed by atoms with Crippen LogP contribution in [0.3, 0.4) is 0 Å². The predicted molar refractivity (Wildman–Crippen MR) is 105 cm³/mol. The van der Waals surface area contributed by atoms with Gasteiger partial charge in [0.2, 0.25) is 17.7 Å². The molecule has 0 spiro atoms. The molecule has 5 aliphatic carbocycles. The Kier molecular flexibility index (Phi) is 4.55. The Bertz CT molecular complexity index is 628. The van der Waals surface area contributed by atoms with Crippen LogP contribution in [0, 0.1) is 35.0 Å². The average Bonchev–Trinajstić information content (AvgIpc) is 2.90. The molecule has 4 bridgehead atoms. The van der Waals surface area contributed by atoms with Crippen LogP contribution in [-0.2, 0) is 14.4 Å². The molecule has 3 atom stereocenters. The number of rotatable bonds is 5. The van der Waals surface area contributed by atoms with Gasteiger partial charge in [0.05, 0.1) is 11.8 Å². The number of fused-ring (bicyclic) bond motifs is 1. The van der Waals surface area contributed by atoms with Crippen LogP contribution in [-0.4, -0.2) is 35.2 Å². The minimum Gasteiger partial charge on any atom is -0.353 e. The van der Waals surface area contributed by atoms with Gasteiger partial charge in [-0.1, -0.05) is 12.8 Å². The van der Waals surface area contributed by atoms with Crippen LogP contribution in [0.1, 0.15) is 77.6 Å². The molecule has 0 aromatic rings. The SMILES string of the molecule is C[C@H](NC(=O)CCN1C(=O)[C@H]2CCCC[C@H]2C1=O)C12CC3CC(CC(C3)C1)C2. The first-order chi connectivity index (χ1) is 13.4. The summed E-state index contributed by atoms with van der Waals surface area (Å²) in [4.78, 5) is 39.2. The van der Waals surface area contributed by atoms with Gasteiger partial charge in [0.25, 0.3) is 0 Å². The van der Waals surface area contributed by atoms with Gasteiger partial charge in [0.1, 0.15) is 0 Å². The fourth-order valence-electron chi connectivity index (χ4n) is 7.84. The largest absolute Gasteiger partial charge is 0.353 e. The summed E-state index contributed by atoms with van der Waals surface area (Å²) in [5, 5.41) is 3.27. The monoisotopic (exact) mass is 386 g/mol. The quantitative estimate of drug-likeness (QED) is 0.738. The third kappa shape index (κ3) is 3.00. The number of nitrogens with one attached hydrogen (secondary N) is 1. The highest BCUT2D eigenvalue weighted by Gasteiger charge is 2.53. The van der Waals surface area contributed by atoms with Gasteiger partial charge in [0.15, 0.2) is 0 Å². The number of nitrogens with zero attached hydrogens (tertiary/aromatic N) is 1. The van der Waals surface area contributed by atoms with Crippen molar-refractivity contribution in [2.45, 2.75) is 83.6 Å². The van der Waals surface area contributed by atoms with Crippen molar-refractivity contribution in [2.75, 3.05) is 6.54 Å². The fraction of sp³-hybridized carbons (Fsp3) is 0.870. The number of carbonyl (C=O) groups excluding carboxylic acids is 3. The second kappa shape index (κ2) is 6.84. The molecule has 154 valence electrons. The van der Waals surface area contributed by atoms with E-state index < -0.39 is 0 Å². The van der Waals surface area contributed by atoms with Crippen molar-refractivity contribution in [3.8, 4) is 0 Å². The number of carbonyl (C=O) groups is 3. The van der Waals surface area contributed by atoms with Crippen LogP contribution < -0.4 is 5.32 Å². The molecule has 3 amide bonds. The van der Waals surface area contributed by atoms with E-state index in [9.17, 15) is 14.4 Å². The second-order valence-corrected chi connectivity index (χ2v) is 10.6. The van der Waals surface area contributed by atoms with Gasteiger partial charge in [0, 0.05) is 19.0 Å². The molecule has 28 heavy (non-hydrogen) atoms. The summed E-state index contributed by atoms with van der Waals surface area (Å²) in [6, 6.07) is 0.195. The van der Waals surface area contributed by atoms with Gasteiger partial charge < -0.3 is 5.32 Å². The van der Waals surface area contributed by atoms with Gasteiger partial charge >= 0.3 is 0 Å². The molecule has 0 aromatic carbocycles. The average molecular weight is 387 g/mol. The number of hydrogen-bond acceptors (Lipinski definition) is 3. The van der Waals surface area contributed by atoms with E-state index >= 15 is 0 Å². The molecule has 1 saturated heterocycles. The number of likely N-dealkylation sites (tertiary alicyclic amines) is 1. The predicted octanol–water partition coefficient (Wildman–Crippen LogP) is 3.27. The first-order valence-electron chi connectivity index (χ1n) is 11.6. The normalized spacial score (nSPS) is 42.6. The summed E-state index contributed by atoms with van der Waals surface area (Å²) in [5.41, 5.74) is 0.290. The topological polar surface area (TPSA) is 66.5 Å². The molecule has 1 N–H and O–H groups in total. The number of hydrogen-bond donors (Lipinski definition) is 1. The van der Waals surface area contributed by atoms with Gasteiger partial charge in [-0.3, -0.25) is 19.3 Å². The molecular formula is C23H34N2O3. The third-order valence-corrected chi connectivity index (χ3v) is 8.88. The summed E-state index contributed by atoms with van der Waals surface area (Å²) >= 11 is 0. The molecule has 1 aliphatic heterocycles. The Morgan fingerprint density at radius 3 is 2.00 bits per heavy atom. The minimum absolute atomic E-state index is 0.00119. The van der Waals surface area contributed by atoms with Gasteiger partial charge in [-0.2, -0.15) is 0 Å². The van der Waals surface area contributed by atoms with E-state index in [0.29, 0.717) is 5.41 Å². The second-order valence-electron chi connectivity index (χ2n) is 10.6. The van der Waals surface area contributed by atoms with Crippen LogP contribution in [0.5, 0.6) is 0 Å². The van der Waals surface area contributed by atoms with Crippen LogP contribution >= 0.6 is 0 Å². The highest BCUT2D eigenvalue weighted by atomic mass is 16.2. The maximum atomic E-state index is 12.7. The molecule has 6 rings (SSSR count). The summed E-state index contributed by atoms with van der Waals surface area (Å²) in [6.07, 6.45) is 12.0. The zero-order valence-corrected chi connectivity index (χ0v) is 17.1. The molecular weight excluding hydrogens is 352 g/mol. The van der Waals surface area contributed by atoms with Crippen LogP contribution in [0.15, 0.2) is 0 Å². The zero-order valence-electron chi connectivity index (χ0n) is 17.1. The molecule has 1 heterocycles. The molecule has 0 aromatic heterocycles. The molecule has 6 fully saturated rings. The highest BCUT2D eigenvalue weighted by Crippen LogP contribution is 2.61.